The summed E-state index contributed by atoms with van der Waals surface area (Å²) in [5.74, 6) is 5.86. The number of allylic oxidation sites excluding steroid dienone is 1. The second kappa shape index (κ2) is 11.1. The zero-order valence-electron chi connectivity index (χ0n) is 25.2. The Hall–Kier alpha value is -1.57. The van der Waals surface area contributed by atoms with Crippen LogP contribution in [0.15, 0.2) is 42.0 Å². The lowest BCUT2D eigenvalue weighted by molar-refractivity contribution is -0.0596. The molecule has 2 heteroatoms. The second-order valence-electron chi connectivity index (χ2n) is 14.6. The maximum Gasteiger partial charge on any atom is 0.338 e. The van der Waals surface area contributed by atoms with Gasteiger partial charge in [0.1, 0.15) is 6.10 Å². The van der Waals surface area contributed by atoms with Crippen LogP contribution in [0, 0.1) is 52.3 Å². The van der Waals surface area contributed by atoms with Crippen molar-refractivity contribution in [3.05, 3.63) is 47.5 Å². The monoisotopic (exact) mass is 518 g/mol. The van der Waals surface area contributed by atoms with E-state index in [2.05, 4.69) is 47.6 Å². The highest BCUT2D eigenvalue weighted by Crippen LogP contribution is 2.67. The number of carbonyl (C=O) groups excluding carboxylic acids is 1. The van der Waals surface area contributed by atoms with Crippen LogP contribution in [0.2, 0.25) is 0 Å². The summed E-state index contributed by atoms with van der Waals surface area (Å²) in [5, 5.41) is 0. The SMILES string of the molecule is CC[C@H](CC[C@@H](C)[C@H]1CC[C@H]2[C@@H]3CC=C4C[C@@H](OC(=O)c5ccccc5)CC[C@]4(C)[C@@H]3CC[C@@]12C)C(C)C. The maximum absolute atomic E-state index is 12.7. The molecule has 3 saturated carbocycles. The summed E-state index contributed by atoms with van der Waals surface area (Å²) in [5.41, 5.74) is 3.10. The first kappa shape index (κ1) is 28.0. The number of hydrogen-bond acceptors (Lipinski definition) is 2. The van der Waals surface area contributed by atoms with Gasteiger partial charge >= 0.3 is 5.97 Å². The van der Waals surface area contributed by atoms with Crippen LogP contribution in [0.4, 0.5) is 0 Å². The number of esters is 1. The quantitative estimate of drug-likeness (QED) is 0.253. The number of carbonyl (C=O) groups is 1. The Labute approximate surface area is 233 Å². The smallest absolute Gasteiger partial charge is 0.338 e. The molecule has 4 aliphatic rings. The van der Waals surface area contributed by atoms with Gasteiger partial charge in [0, 0.05) is 6.42 Å². The summed E-state index contributed by atoms with van der Waals surface area (Å²) in [4.78, 5) is 12.7. The molecule has 0 saturated heterocycles. The molecule has 2 nitrogen and oxygen atoms in total. The van der Waals surface area contributed by atoms with Crippen LogP contribution in [0.5, 0.6) is 0 Å². The summed E-state index contributed by atoms with van der Waals surface area (Å²) < 4.78 is 6.02. The van der Waals surface area contributed by atoms with Gasteiger partial charge in [-0.3, -0.25) is 0 Å². The molecule has 0 aromatic heterocycles. The van der Waals surface area contributed by atoms with Crippen molar-refractivity contribution in [2.75, 3.05) is 0 Å². The van der Waals surface area contributed by atoms with Crippen LogP contribution in [0.1, 0.15) is 123 Å². The van der Waals surface area contributed by atoms with Crippen molar-refractivity contribution in [3.63, 3.8) is 0 Å². The van der Waals surface area contributed by atoms with E-state index >= 15 is 0 Å². The van der Waals surface area contributed by atoms with Crippen molar-refractivity contribution in [2.45, 2.75) is 118 Å². The van der Waals surface area contributed by atoms with Gasteiger partial charge in [-0.15, -0.1) is 0 Å². The largest absolute Gasteiger partial charge is 0.458 e. The standard InChI is InChI=1S/C36H54O2/c1-7-26(24(2)3)14-13-25(4)31-17-18-32-30-16-15-28-23-29(38-34(37)27-11-9-8-10-12-27)19-21-35(28,5)33(30)20-22-36(31,32)6/h8-12,15,24-26,29-33H,7,13-14,16-23H2,1-6H3/t25-,26-,29+,30+,31-,32+,33-,35+,36+/m1/s1. The van der Waals surface area contributed by atoms with Gasteiger partial charge in [0.2, 0.25) is 0 Å². The van der Waals surface area contributed by atoms with E-state index in [0.717, 1.165) is 54.3 Å². The third kappa shape index (κ3) is 5.03. The van der Waals surface area contributed by atoms with Crippen LogP contribution in [-0.4, -0.2) is 12.1 Å². The van der Waals surface area contributed by atoms with Crippen molar-refractivity contribution in [1.29, 1.82) is 0 Å². The zero-order valence-corrected chi connectivity index (χ0v) is 25.2. The Kier molecular flexibility index (Phi) is 8.19. The Bertz CT molecular complexity index is 994. The molecule has 0 heterocycles. The highest BCUT2D eigenvalue weighted by atomic mass is 16.5. The summed E-state index contributed by atoms with van der Waals surface area (Å²) in [6.07, 6.45) is 16.9. The maximum atomic E-state index is 12.7. The molecule has 210 valence electrons. The second-order valence-corrected chi connectivity index (χ2v) is 14.6. The third-order valence-corrected chi connectivity index (χ3v) is 12.6. The molecule has 0 bridgehead atoms. The highest BCUT2D eigenvalue weighted by molar-refractivity contribution is 5.89. The molecule has 0 aliphatic heterocycles. The minimum atomic E-state index is -0.160. The van der Waals surface area contributed by atoms with Crippen molar-refractivity contribution in [1.82, 2.24) is 0 Å². The number of fused-ring (bicyclic) bond motifs is 5. The van der Waals surface area contributed by atoms with E-state index in [4.69, 9.17) is 4.74 Å². The number of hydrogen-bond donors (Lipinski definition) is 0. The topological polar surface area (TPSA) is 26.3 Å². The van der Waals surface area contributed by atoms with Crippen LogP contribution < -0.4 is 0 Å². The molecular weight excluding hydrogens is 464 g/mol. The molecule has 38 heavy (non-hydrogen) atoms. The van der Waals surface area contributed by atoms with E-state index in [1.165, 1.54) is 57.8 Å². The molecule has 0 spiro atoms. The van der Waals surface area contributed by atoms with E-state index in [9.17, 15) is 4.79 Å². The fourth-order valence-electron chi connectivity index (χ4n) is 10.2. The minimum Gasteiger partial charge on any atom is -0.458 e. The number of ether oxygens (including phenoxy) is 1. The predicted octanol–water partition coefficient (Wildman–Crippen LogP) is 9.89. The fourth-order valence-corrected chi connectivity index (χ4v) is 10.2. The molecule has 9 atom stereocenters. The molecule has 0 radical (unpaired) electrons. The van der Waals surface area contributed by atoms with Gasteiger partial charge in [-0.1, -0.05) is 84.2 Å². The molecule has 5 rings (SSSR count). The Balaban J connectivity index is 1.25. The lowest BCUT2D eigenvalue weighted by Crippen LogP contribution is -2.51. The van der Waals surface area contributed by atoms with E-state index in [-0.39, 0.29) is 12.1 Å². The van der Waals surface area contributed by atoms with Crippen molar-refractivity contribution >= 4 is 5.97 Å². The van der Waals surface area contributed by atoms with Gasteiger partial charge in [-0.25, -0.2) is 4.79 Å². The lowest BCUT2D eigenvalue weighted by Gasteiger charge is -2.58. The molecule has 4 aliphatic carbocycles. The Morgan fingerprint density at radius 1 is 0.974 bits per heavy atom. The predicted molar refractivity (Wildman–Crippen MR) is 158 cm³/mol. The lowest BCUT2D eigenvalue weighted by atomic mass is 9.47. The molecule has 0 N–H and O–H groups in total. The molecule has 1 aromatic carbocycles. The van der Waals surface area contributed by atoms with Gasteiger partial charge in [-0.2, -0.15) is 0 Å². The van der Waals surface area contributed by atoms with Crippen LogP contribution in [-0.2, 0) is 4.74 Å². The van der Waals surface area contributed by atoms with E-state index in [1.54, 1.807) is 5.57 Å². The first-order chi connectivity index (χ1) is 18.2. The summed E-state index contributed by atoms with van der Waals surface area (Å²) >= 11 is 0. The summed E-state index contributed by atoms with van der Waals surface area (Å²) in [6.45, 7) is 15.1. The Morgan fingerprint density at radius 2 is 1.74 bits per heavy atom. The normalized spacial score (nSPS) is 38.0. The highest BCUT2D eigenvalue weighted by Gasteiger charge is 2.59. The van der Waals surface area contributed by atoms with Crippen molar-refractivity contribution in [2.24, 2.45) is 52.3 Å². The molecule has 0 unspecified atom stereocenters. The van der Waals surface area contributed by atoms with Crippen molar-refractivity contribution in [3.8, 4) is 0 Å². The molecular formula is C36H54O2. The van der Waals surface area contributed by atoms with Gasteiger partial charge < -0.3 is 4.74 Å². The van der Waals surface area contributed by atoms with E-state index in [0.29, 0.717) is 16.4 Å². The molecule has 1 aromatic rings. The Morgan fingerprint density at radius 3 is 2.45 bits per heavy atom. The number of rotatable bonds is 8. The van der Waals surface area contributed by atoms with Gasteiger partial charge in [0.15, 0.2) is 0 Å². The van der Waals surface area contributed by atoms with Crippen LogP contribution in [0.3, 0.4) is 0 Å². The number of benzene rings is 1. The minimum absolute atomic E-state index is 0.0296. The van der Waals surface area contributed by atoms with Gasteiger partial charge in [0.25, 0.3) is 0 Å². The average Bonchev–Trinajstić information content (AvgIpc) is 3.26. The van der Waals surface area contributed by atoms with Gasteiger partial charge in [-0.05, 0) is 116 Å². The van der Waals surface area contributed by atoms with Crippen LogP contribution >= 0.6 is 0 Å². The fraction of sp³-hybridized carbons (Fsp3) is 0.750. The first-order valence-corrected chi connectivity index (χ1v) is 16.1. The average molecular weight is 519 g/mol. The molecule has 0 amide bonds. The summed E-state index contributed by atoms with van der Waals surface area (Å²) in [6, 6.07) is 9.50. The first-order valence-electron chi connectivity index (χ1n) is 16.1. The summed E-state index contributed by atoms with van der Waals surface area (Å²) in [7, 11) is 0. The van der Waals surface area contributed by atoms with E-state index in [1.807, 2.05) is 30.3 Å². The molecule has 3 fully saturated rings. The zero-order chi connectivity index (χ0) is 27.1. The van der Waals surface area contributed by atoms with Crippen molar-refractivity contribution < 1.29 is 9.53 Å². The third-order valence-electron chi connectivity index (χ3n) is 12.6. The van der Waals surface area contributed by atoms with E-state index < -0.39 is 0 Å². The van der Waals surface area contributed by atoms with Gasteiger partial charge in [0.05, 0.1) is 5.56 Å². The van der Waals surface area contributed by atoms with Crippen LogP contribution in [0.25, 0.3) is 0 Å².